The number of hydrogen-bond donors (Lipinski definition) is 1. The highest BCUT2D eigenvalue weighted by molar-refractivity contribution is 7.90. The lowest BCUT2D eigenvalue weighted by Crippen LogP contribution is -2.41. The molecule has 1 N–H and O–H groups in total. The third-order valence-corrected chi connectivity index (χ3v) is 3.76. The van der Waals surface area contributed by atoms with Crippen molar-refractivity contribution in [3.8, 4) is 0 Å². The van der Waals surface area contributed by atoms with Crippen LogP contribution in [0.15, 0.2) is 24.3 Å². The Labute approximate surface area is 133 Å². The summed E-state index contributed by atoms with van der Waals surface area (Å²) in [5, 5.41) is 0. The smallest absolute Gasteiger partial charge is 0.460 e. The van der Waals surface area contributed by atoms with Crippen LogP contribution >= 0.6 is 0 Å². The topological polar surface area (TPSA) is 126 Å². The average Bonchev–Trinajstić information content (AvgIpc) is 2.47. The summed E-state index contributed by atoms with van der Waals surface area (Å²) in [6.07, 6.45) is -0.818. The monoisotopic (exact) mass is 365 g/mol. The van der Waals surface area contributed by atoms with Crippen molar-refractivity contribution in [3.05, 3.63) is 40.9 Å². The Kier molecular flexibility index (Phi) is 5.83. The molecule has 8 nitrogen and oxygen atoms in total. The summed E-state index contributed by atoms with van der Waals surface area (Å²) in [7, 11) is -4.85. The molecule has 1 aromatic carbocycles. The lowest BCUT2D eigenvalue weighted by molar-refractivity contribution is -0.137. The Hall–Kier alpha value is -2.72. The molecule has 0 aliphatic heterocycles. The second-order valence-corrected chi connectivity index (χ2v) is 5.92. The van der Waals surface area contributed by atoms with Crippen LogP contribution in [-0.2, 0) is 30.8 Å². The van der Waals surface area contributed by atoms with Crippen LogP contribution < -0.4 is 4.72 Å². The van der Waals surface area contributed by atoms with Crippen LogP contribution in [0.1, 0.15) is 11.1 Å². The van der Waals surface area contributed by atoms with Gasteiger partial charge in [0, 0.05) is 0 Å². The first kappa shape index (κ1) is 19.3. The van der Waals surface area contributed by atoms with Crippen molar-refractivity contribution in [3.63, 3.8) is 0 Å². The fourth-order valence-corrected chi connectivity index (χ4v) is 2.11. The van der Waals surface area contributed by atoms with E-state index in [9.17, 15) is 31.2 Å². The molecule has 0 fully saturated rings. The molecule has 0 radical (unpaired) electrons. The third-order valence-electron chi connectivity index (χ3n) is 2.66. The van der Waals surface area contributed by atoms with Crippen LogP contribution in [0.25, 0.3) is 5.53 Å². The van der Waals surface area contributed by atoms with E-state index in [1.807, 2.05) is 0 Å². The summed E-state index contributed by atoms with van der Waals surface area (Å²) >= 11 is 0. The lowest BCUT2D eigenvalue weighted by Gasteiger charge is -2.10. The summed E-state index contributed by atoms with van der Waals surface area (Å²) < 4.78 is 63.7. The molecule has 130 valence electrons. The van der Waals surface area contributed by atoms with Gasteiger partial charge in [-0.05, 0) is 11.6 Å². The number of hydrogen-bond acceptors (Lipinski definition) is 5. The van der Waals surface area contributed by atoms with E-state index >= 15 is 0 Å². The zero-order chi connectivity index (χ0) is 18.5. The minimum absolute atomic E-state index is 0.0504. The van der Waals surface area contributed by atoms with Gasteiger partial charge in [-0.15, -0.1) is 0 Å². The fourth-order valence-electron chi connectivity index (χ4n) is 1.62. The first-order chi connectivity index (χ1) is 11.0. The normalized spacial score (nSPS) is 11.3. The van der Waals surface area contributed by atoms with Crippen LogP contribution in [0, 0.1) is 0 Å². The Morgan fingerprint density at radius 2 is 1.88 bits per heavy atom. The molecule has 1 amide bonds. The Morgan fingerprint density at radius 1 is 1.29 bits per heavy atom. The summed E-state index contributed by atoms with van der Waals surface area (Å²) in [4.78, 5) is 25.8. The summed E-state index contributed by atoms with van der Waals surface area (Å²) in [6.45, 7) is 0. The molecule has 24 heavy (non-hydrogen) atoms. The maximum Gasteiger partial charge on any atom is 0.516 e. The van der Waals surface area contributed by atoms with Crippen molar-refractivity contribution < 1.29 is 40.7 Å². The second-order valence-electron chi connectivity index (χ2n) is 4.25. The second kappa shape index (κ2) is 7.23. The van der Waals surface area contributed by atoms with Crippen molar-refractivity contribution in [1.82, 2.24) is 4.72 Å². The molecule has 0 unspecified atom stereocenters. The maximum atomic E-state index is 12.2. The van der Waals surface area contributed by atoms with Gasteiger partial charge in [0.2, 0.25) is 5.91 Å². The van der Waals surface area contributed by atoms with E-state index in [-0.39, 0.29) is 11.1 Å². The van der Waals surface area contributed by atoms with Gasteiger partial charge in [-0.2, -0.15) is 26.4 Å². The van der Waals surface area contributed by atoms with Crippen molar-refractivity contribution in [1.29, 1.82) is 0 Å². The SMILES string of the molecule is COC(=O)C(=[N+]=[N-])c1ccccc1CC(=O)NS(=O)(=O)C(F)(F)F. The Morgan fingerprint density at radius 3 is 2.38 bits per heavy atom. The highest BCUT2D eigenvalue weighted by Gasteiger charge is 2.47. The molecule has 0 aliphatic rings. The number of methoxy groups -OCH3 is 1. The molecular formula is C12H10F3N3O5S. The van der Waals surface area contributed by atoms with Gasteiger partial charge in [0.15, 0.2) is 0 Å². The summed E-state index contributed by atoms with van der Waals surface area (Å²) in [5.41, 5.74) is 2.47. The number of alkyl halides is 3. The number of carbonyl (C=O) groups excluding carboxylic acids is 2. The van der Waals surface area contributed by atoms with Crippen molar-refractivity contribution in [2.75, 3.05) is 7.11 Å². The molecule has 12 heteroatoms. The molecule has 0 aromatic heterocycles. The van der Waals surface area contributed by atoms with E-state index in [2.05, 4.69) is 9.53 Å². The van der Waals surface area contributed by atoms with E-state index in [0.29, 0.717) is 0 Å². The third kappa shape index (κ3) is 4.40. The van der Waals surface area contributed by atoms with Crippen molar-refractivity contribution in [2.45, 2.75) is 11.9 Å². The van der Waals surface area contributed by atoms with Gasteiger partial charge >= 0.3 is 27.2 Å². The van der Waals surface area contributed by atoms with Crippen LogP contribution in [-0.4, -0.2) is 43.4 Å². The number of rotatable bonds is 5. The number of benzene rings is 1. The minimum Gasteiger partial charge on any atom is -0.460 e. The number of sulfonamides is 1. The van der Waals surface area contributed by atoms with E-state index < -0.39 is 39.5 Å². The van der Waals surface area contributed by atoms with Gasteiger partial charge in [-0.3, -0.25) is 4.79 Å². The predicted octanol–water partition coefficient (Wildman–Crippen LogP) is 0.387. The van der Waals surface area contributed by atoms with Crippen LogP contribution in [0.3, 0.4) is 0 Å². The fraction of sp³-hybridized carbons (Fsp3) is 0.250. The molecule has 0 spiro atoms. The largest absolute Gasteiger partial charge is 0.516 e. The average molecular weight is 365 g/mol. The standard InChI is InChI=1S/C12H10F3N3O5S/c1-23-11(20)10(17-16)8-5-3-2-4-7(8)6-9(19)18-24(21,22)12(13,14)15/h2-5H,6H2,1H3,(H,18,19). The Balaban J connectivity index is 3.12. The van der Waals surface area contributed by atoms with Gasteiger partial charge in [-0.25, -0.2) is 9.52 Å². The van der Waals surface area contributed by atoms with Crippen LogP contribution in [0.2, 0.25) is 0 Å². The Bertz CT molecular complexity index is 813. The number of nitrogens with zero attached hydrogens (tertiary/aromatic N) is 2. The molecule has 1 rings (SSSR count). The number of esters is 1. The van der Waals surface area contributed by atoms with Gasteiger partial charge in [0.05, 0.1) is 19.1 Å². The zero-order valence-corrected chi connectivity index (χ0v) is 12.8. The van der Waals surface area contributed by atoms with Gasteiger partial charge in [-0.1, -0.05) is 18.2 Å². The number of nitrogens with one attached hydrogen (secondary N) is 1. The van der Waals surface area contributed by atoms with Crippen molar-refractivity contribution in [2.24, 2.45) is 0 Å². The predicted molar refractivity (Wildman–Crippen MR) is 73.0 cm³/mol. The van der Waals surface area contributed by atoms with Gasteiger partial charge in [0.25, 0.3) is 0 Å². The van der Waals surface area contributed by atoms with Crippen LogP contribution in [0.4, 0.5) is 13.2 Å². The molecular weight excluding hydrogens is 355 g/mol. The van der Waals surface area contributed by atoms with E-state index in [1.165, 1.54) is 24.3 Å². The quantitative estimate of drug-likeness (QED) is 0.350. The summed E-state index contributed by atoms with van der Waals surface area (Å²) in [5.74, 6) is -2.55. The number of ether oxygens (including phenoxy) is 1. The first-order valence-electron chi connectivity index (χ1n) is 6.04. The highest BCUT2D eigenvalue weighted by Crippen LogP contribution is 2.21. The molecule has 0 atom stereocenters. The van der Waals surface area contributed by atoms with Gasteiger partial charge in [0.1, 0.15) is 0 Å². The molecule has 0 saturated carbocycles. The molecule has 0 heterocycles. The van der Waals surface area contributed by atoms with E-state index in [1.54, 1.807) is 0 Å². The number of amides is 1. The number of halogens is 3. The van der Waals surface area contributed by atoms with Crippen molar-refractivity contribution >= 4 is 27.6 Å². The molecule has 0 aliphatic carbocycles. The first-order valence-corrected chi connectivity index (χ1v) is 7.52. The molecule has 0 bridgehead atoms. The minimum atomic E-state index is -5.85. The molecule has 1 aromatic rings. The van der Waals surface area contributed by atoms with E-state index in [4.69, 9.17) is 5.53 Å². The maximum absolute atomic E-state index is 12.2. The lowest BCUT2D eigenvalue weighted by atomic mass is 10.0. The van der Waals surface area contributed by atoms with Crippen LogP contribution in [0.5, 0.6) is 0 Å². The van der Waals surface area contributed by atoms with Gasteiger partial charge < -0.3 is 10.3 Å². The summed E-state index contributed by atoms with van der Waals surface area (Å²) in [6, 6.07) is 5.27. The number of carbonyl (C=O) groups is 2. The highest BCUT2D eigenvalue weighted by atomic mass is 32.2. The zero-order valence-electron chi connectivity index (χ0n) is 12.0. The molecule has 0 saturated heterocycles. The van der Waals surface area contributed by atoms with E-state index in [0.717, 1.165) is 11.8 Å².